The average Bonchev–Trinajstić information content (AvgIpc) is 3.04. The van der Waals surface area contributed by atoms with Gasteiger partial charge in [-0.15, -0.1) is 10.2 Å². The second kappa shape index (κ2) is 7.10. The molecule has 0 spiro atoms. The van der Waals surface area contributed by atoms with Crippen LogP contribution in [-0.4, -0.2) is 14.8 Å². The van der Waals surface area contributed by atoms with Gasteiger partial charge in [-0.1, -0.05) is 41.9 Å². The molecule has 1 saturated carbocycles. The van der Waals surface area contributed by atoms with Gasteiger partial charge in [-0.25, -0.2) is 0 Å². The smallest absolute Gasteiger partial charge is 0.151 e. The van der Waals surface area contributed by atoms with E-state index in [1.807, 2.05) is 6.07 Å². The fraction of sp³-hybridized carbons (Fsp3) is 0.364. The van der Waals surface area contributed by atoms with Gasteiger partial charge in [0, 0.05) is 17.5 Å². The lowest BCUT2D eigenvalue weighted by atomic mass is 9.78. The van der Waals surface area contributed by atoms with Crippen molar-refractivity contribution in [2.45, 2.75) is 50.6 Å². The van der Waals surface area contributed by atoms with Gasteiger partial charge >= 0.3 is 0 Å². The molecule has 5 heteroatoms. The summed E-state index contributed by atoms with van der Waals surface area (Å²) >= 11 is 6.23. The van der Waals surface area contributed by atoms with E-state index in [2.05, 4.69) is 62.5 Å². The molecule has 4 nitrogen and oxygen atoms in total. The maximum atomic E-state index is 6.23. The van der Waals surface area contributed by atoms with Gasteiger partial charge in [-0.2, -0.15) is 0 Å². The monoisotopic (exact) mass is 378 g/mol. The lowest BCUT2D eigenvalue weighted by Crippen LogP contribution is -2.16. The number of nitrogens with one attached hydrogen (secondary N) is 1. The molecule has 1 aliphatic heterocycles. The molecule has 138 valence electrons. The highest BCUT2D eigenvalue weighted by molar-refractivity contribution is 6.30. The van der Waals surface area contributed by atoms with E-state index < -0.39 is 0 Å². The van der Waals surface area contributed by atoms with Crippen molar-refractivity contribution in [2.24, 2.45) is 0 Å². The number of halogens is 1. The zero-order valence-electron chi connectivity index (χ0n) is 15.2. The van der Waals surface area contributed by atoms with Crippen LogP contribution in [0.1, 0.15) is 60.3 Å². The van der Waals surface area contributed by atoms with Crippen LogP contribution in [0.4, 0.5) is 0 Å². The number of aromatic nitrogens is 3. The summed E-state index contributed by atoms with van der Waals surface area (Å²) in [5.74, 6) is 3.25. The molecule has 1 aromatic heterocycles. The molecule has 2 heterocycles. The first-order valence-electron chi connectivity index (χ1n) is 9.78. The van der Waals surface area contributed by atoms with Crippen LogP contribution < -0.4 is 5.32 Å². The van der Waals surface area contributed by atoms with Crippen molar-refractivity contribution < 1.29 is 0 Å². The molecule has 2 aromatic carbocycles. The average molecular weight is 379 g/mol. The van der Waals surface area contributed by atoms with Crippen molar-refractivity contribution in [3.05, 3.63) is 76.3 Å². The summed E-state index contributed by atoms with van der Waals surface area (Å²) < 4.78 is 2.28. The molecule has 0 unspecified atom stereocenters. The number of rotatable bonds is 2. The highest BCUT2D eigenvalue weighted by Crippen LogP contribution is 2.41. The quantitative estimate of drug-likeness (QED) is 0.684. The maximum Gasteiger partial charge on any atom is 0.151 e. The third kappa shape index (κ3) is 3.17. The zero-order valence-corrected chi connectivity index (χ0v) is 16.0. The van der Waals surface area contributed by atoms with Crippen LogP contribution in [0.5, 0.6) is 0 Å². The fourth-order valence-corrected chi connectivity index (χ4v) is 4.80. The van der Waals surface area contributed by atoms with Gasteiger partial charge in [-0.3, -0.25) is 4.57 Å². The van der Waals surface area contributed by atoms with E-state index in [9.17, 15) is 0 Å². The van der Waals surface area contributed by atoms with Gasteiger partial charge in [0.1, 0.15) is 5.82 Å². The van der Waals surface area contributed by atoms with Crippen LogP contribution >= 0.6 is 11.6 Å². The maximum absolute atomic E-state index is 6.23. The summed E-state index contributed by atoms with van der Waals surface area (Å²) in [6.07, 6.45) is 4.74. The van der Waals surface area contributed by atoms with E-state index in [4.69, 9.17) is 11.6 Å². The summed E-state index contributed by atoms with van der Waals surface area (Å²) in [5.41, 5.74) is 3.85. The summed E-state index contributed by atoms with van der Waals surface area (Å²) in [5, 5.41) is 13.4. The molecule has 3 aromatic rings. The van der Waals surface area contributed by atoms with E-state index in [1.165, 1.54) is 29.7 Å². The Bertz CT molecular complexity index is 942. The Labute approximate surface area is 164 Å². The van der Waals surface area contributed by atoms with Crippen molar-refractivity contribution in [3.8, 4) is 5.69 Å². The molecule has 0 amide bonds. The number of hydrogen-bond donors (Lipinski definition) is 1. The molecule has 1 aliphatic carbocycles. The van der Waals surface area contributed by atoms with Crippen LogP contribution in [0.3, 0.4) is 0 Å². The van der Waals surface area contributed by atoms with Crippen LogP contribution in [-0.2, 0) is 13.1 Å². The highest BCUT2D eigenvalue weighted by Gasteiger charge is 2.29. The molecule has 27 heavy (non-hydrogen) atoms. The lowest BCUT2D eigenvalue weighted by Gasteiger charge is -2.28. The van der Waals surface area contributed by atoms with Crippen molar-refractivity contribution in [2.75, 3.05) is 0 Å². The van der Waals surface area contributed by atoms with Gasteiger partial charge < -0.3 is 5.32 Å². The van der Waals surface area contributed by atoms with Crippen LogP contribution in [0.15, 0.2) is 48.5 Å². The molecule has 1 N–H and O–H groups in total. The minimum absolute atomic E-state index is 0.466. The molecule has 0 atom stereocenters. The van der Waals surface area contributed by atoms with Crippen molar-refractivity contribution in [1.82, 2.24) is 20.1 Å². The van der Waals surface area contributed by atoms with Crippen molar-refractivity contribution in [1.29, 1.82) is 0 Å². The van der Waals surface area contributed by atoms with Crippen LogP contribution in [0.25, 0.3) is 5.69 Å². The van der Waals surface area contributed by atoms with E-state index in [0.717, 1.165) is 42.6 Å². The van der Waals surface area contributed by atoms with E-state index >= 15 is 0 Å². The number of hydrogen-bond acceptors (Lipinski definition) is 3. The lowest BCUT2D eigenvalue weighted by molar-refractivity contribution is 0.382. The minimum atomic E-state index is 0.466. The number of benzene rings is 2. The first-order valence-corrected chi connectivity index (χ1v) is 10.2. The number of fused-ring (bicyclic) bond motifs is 3. The summed E-state index contributed by atoms with van der Waals surface area (Å²) in [6.45, 7) is 1.54. The van der Waals surface area contributed by atoms with Crippen molar-refractivity contribution in [3.63, 3.8) is 0 Å². The predicted octanol–water partition coefficient (Wildman–Crippen LogP) is 4.97. The number of nitrogens with zero attached hydrogens (tertiary/aromatic N) is 3. The van der Waals surface area contributed by atoms with Crippen LogP contribution in [0.2, 0.25) is 5.02 Å². The molecule has 0 saturated heterocycles. The summed E-state index contributed by atoms with van der Waals surface area (Å²) in [7, 11) is 0. The molecule has 5 rings (SSSR count). The Morgan fingerprint density at radius 1 is 0.889 bits per heavy atom. The van der Waals surface area contributed by atoms with E-state index in [0.29, 0.717) is 11.8 Å². The molecular weight excluding hydrogens is 356 g/mol. The highest BCUT2D eigenvalue weighted by atomic mass is 35.5. The summed E-state index contributed by atoms with van der Waals surface area (Å²) in [4.78, 5) is 0. The minimum Gasteiger partial charge on any atom is -0.306 e. The molecule has 0 radical (unpaired) electrons. The Morgan fingerprint density at radius 3 is 2.48 bits per heavy atom. The van der Waals surface area contributed by atoms with Gasteiger partial charge in [0.05, 0.1) is 12.2 Å². The van der Waals surface area contributed by atoms with Gasteiger partial charge in [-0.05, 0) is 60.9 Å². The Balaban J connectivity index is 1.44. The third-order valence-electron chi connectivity index (χ3n) is 6.00. The Kier molecular flexibility index (Phi) is 4.46. The van der Waals surface area contributed by atoms with Crippen molar-refractivity contribution >= 4 is 11.6 Å². The third-order valence-corrected chi connectivity index (χ3v) is 6.23. The molecule has 0 bridgehead atoms. The first-order chi connectivity index (χ1) is 13.3. The zero-order chi connectivity index (χ0) is 18.2. The largest absolute Gasteiger partial charge is 0.306 e. The van der Waals surface area contributed by atoms with Crippen LogP contribution in [0, 0.1) is 0 Å². The molecular formula is C22H23ClN4. The molecule has 2 aliphatic rings. The topological polar surface area (TPSA) is 42.7 Å². The standard InChI is InChI=1S/C22H23ClN4/c23-19-10-11-20-18(12-19)13-24-14-21-25-26-22(27(20)21)17-8-6-16(7-9-17)15-4-2-1-3-5-15/h1-5,10-12,16-17,24H,6-9,13-14H2. The summed E-state index contributed by atoms with van der Waals surface area (Å²) in [6, 6.07) is 17.0. The van der Waals surface area contributed by atoms with Gasteiger partial charge in [0.25, 0.3) is 0 Å². The normalized spacial score (nSPS) is 22.0. The second-order valence-corrected chi connectivity index (χ2v) is 8.08. The van der Waals surface area contributed by atoms with E-state index in [-0.39, 0.29) is 0 Å². The first kappa shape index (κ1) is 17.0. The fourth-order valence-electron chi connectivity index (χ4n) is 4.60. The second-order valence-electron chi connectivity index (χ2n) is 7.65. The Morgan fingerprint density at radius 2 is 1.67 bits per heavy atom. The predicted molar refractivity (Wildman–Crippen MR) is 107 cm³/mol. The molecule has 1 fully saturated rings. The van der Waals surface area contributed by atoms with E-state index in [1.54, 1.807) is 0 Å². The van der Waals surface area contributed by atoms with Gasteiger partial charge in [0.2, 0.25) is 0 Å². The van der Waals surface area contributed by atoms with Gasteiger partial charge in [0.15, 0.2) is 5.82 Å². The SMILES string of the molecule is Clc1ccc2c(c1)CNCc1nnc(C3CCC(c4ccccc4)CC3)n1-2. The Hall–Kier alpha value is -2.17.